The second-order valence-corrected chi connectivity index (χ2v) is 6.57. The minimum atomic E-state index is -0.237. The molecule has 2 N–H and O–H groups in total. The number of hydrogen-bond acceptors (Lipinski definition) is 2. The van der Waals surface area contributed by atoms with Crippen molar-refractivity contribution in [2.24, 2.45) is 5.73 Å². The van der Waals surface area contributed by atoms with Crippen LogP contribution in [-0.2, 0) is 4.79 Å². The lowest BCUT2D eigenvalue weighted by atomic mass is 9.86. The molecule has 0 bridgehead atoms. The highest BCUT2D eigenvalue weighted by atomic mass is 35.5. The standard InChI is InChI=1S/C15H21ClN2O/c1-15(2,3)18-13(19)9-8-12(17)14(18)10-4-6-11(16)7-5-10/h4-7,12,14H,8-9,17H2,1-3H3. The monoisotopic (exact) mass is 280 g/mol. The zero-order valence-electron chi connectivity index (χ0n) is 11.7. The Morgan fingerprint density at radius 1 is 1.26 bits per heavy atom. The molecule has 104 valence electrons. The van der Waals surface area contributed by atoms with Crippen LogP contribution in [0.25, 0.3) is 0 Å². The Morgan fingerprint density at radius 3 is 2.37 bits per heavy atom. The molecule has 19 heavy (non-hydrogen) atoms. The van der Waals surface area contributed by atoms with E-state index < -0.39 is 0 Å². The Morgan fingerprint density at radius 2 is 1.84 bits per heavy atom. The fourth-order valence-electron chi connectivity index (χ4n) is 2.76. The third kappa shape index (κ3) is 2.93. The van der Waals surface area contributed by atoms with Gasteiger partial charge in [-0.15, -0.1) is 0 Å². The first kappa shape index (κ1) is 14.4. The average molecular weight is 281 g/mol. The molecule has 0 radical (unpaired) electrons. The van der Waals surface area contributed by atoms with Gasteiger partial charge in [0.1, 0.15) is 0 Å². The van der Waals surface area contributed by atoms with Crippen LogP contribution in [-0.4, -0.2) is 22.4 Å². The van der Waals surface area contributed by atoms with Crippen molar-refractivity contribution in [2.45, 2.75) is 51.2 Å². The molecule has 1 aromatic carbocycles. The van der Waals surface area contributed by atoms with Gasteiger partial charge in [0.15, 0.2) is 0 Å². The molecule has 1 fully saturated rings. The number of carbonyl (C=O) groups is 1. The summed E-state index contributed by atoms with van der Waals surface area (Å²) in [6.45, 7) is 6.14. The third-order valence-electron chi connectivity index (χ3n) is 3.58. The Bertz CT molecular complexity index is 464. The highest BCUT2D eigenvalue weighted by molar-refractivity contribution is 6.30. The van der Waals surface area contributed by atoms with Gasteiger partial charge in [0.2, 0.25) is 5.91 Å². The lowest BCUT2D eigenvalue weighted by molar-refractivity contribution is -0.144. The summed E-state index contributed by atoms with van der Waals surface area (Å²) in [5.41, 5.74) is 7.09. The van der Waals surface area contributed by atoms with E-state index in [1.807, 2.05) is 49.9 Å². The number of hydrogen-bond donors (Lipinski definition) is 1. The van der Waals surface area contributed by atoms with E-state index in [4.69, 9.17) is 17.3 Å². The van der Waals surface area contributed by atoms with Crippen LogP contribution < -0.4 is 5.73 Å². The smallest absolute Gasteiger partial charge is 0.223 e. The molecule has 1 amide bonds. The molecule has 1 heterocycles. The Balaban J connectivity index is 2.42. The van der Waals surface area contributed by atoms with E-state index in [2.05, 4.69) is 0 Å². The second-order valence-electron chi connectivity index (χ2n) is 6.13. The summed E-state index contributed by atoms with van der Waals surface area (Å²) in [5.74, 6) is 0.175. The summed E-state index contributed by atoms with van der Waals surface area (Å²) < 4.78 is 0. The lowest BCUT2D eigenvalue weighted by Gasteiger charge is -2.47. The van der Waals surface area contributed by atoms with Gasteiger partial charge in [-0.3, -0.25) is 4.79 Å². The molecule has 1 aromatic rings. The lowest BCUT2D eigenvalue weighted by Crippen LogP contribution is -2.56. The van der Waals surface area contributed by atoms with Crippen LogP contribution in [0.15, 0.2) is 24.3 Å². The molecule has 2 atom stereocenters. The highest BCUT2D eigenvalue weighted by Gasteiger charge is 2.40. The molecular weight excluding hydrogens is 260 g/mol. The molecule has 1 saturated heterocycles. The molecule has 1 aliphatic rings. The molecule has 0 saturated carbocycles. The Labute approximate surface area is 119 Å². The van der Waals surface area contributed by atoms with E-state index in [1.54, 1.807) is 0 Å². The van der Waals surface area contributed by atoms with Gasteiger partial charge in [-0.2, -0.15) is 0 Å². The van der Waals surface area contributed by atoms with E-state index in [0.717, 1.165) is 12.0 Å². The number of carbonyl (C=O) groups excluding carboxylic acids is 1. The normalized spacial score (nSPS) is 24.7. The van der Waals surface area contributed by atoms with Crippen molar-refractivity contribution in [3.8, 4) is 0 Å². The maximum Gasteiger partial charge on any atom is 0.223 e. The van der Waals surface area contributed by atoms with Crippen molar-refractivity contribution in [3.05, 3.63) is 34.9 Å². The Kier molecular flexibility index (Phi) is 3.88. The van der Waals surface area contributed by atoms with Crippen LogP contribution in [0.5, 0.6) is 0 Å². The number of amides is 1. The van der Waals surface area contributed by atoms with Gasteiger partial charge in [-0.25, -0.2) is 0 Å². The van der Waals surface area contributed by atoms with Crippen molar-refractivity contribution in [2.75, 3.05) is 0 Å². The molecular formula is C15H21ClN2O. The van der Waals surface area contributed by atoms with Gasteiger partial charge in [-0.05, 0) is 44.9 Å². The van der Waals surface area contributed by atoms with Gasteiger partial charge in [-0.1, -0.05) is 23.7 Å². The largest absolute Gasteiger partial charge is 0.329 e. The van der Waals surface area contributed by atoms with Gasteiger partial charge >= 0.3 is 0 Å². The zero-order chi connectivity index (χ0) is 14.2. The number of piperidine rings is 1. The molecule has 4 heteroatoms. The van der Waals surface area contributed by atoms with E-state index in [1.165, 1.54) is 0 Å². The van der Waals surface area contributed by atoms with Crippen LogP contribution >= 0.6 is 11.6 Å². The van der Waals surface area contributed by atoms with E-state index >= 15 is 0 Å². The first-order chi connectivity index (χ1) is 8.80. The summed E-state index contributed by atoms with van der Waals surface area (Å²) in [6, 6.07) is 7.53. The number of likely N-dealkylation sites (tertiary alicyclic amines) is 1. The quantitative estimate of drug-likeness (QED) is 0.859. The predicted molar refractivity (Wildman–Crippen MR) is 78.0 cm³/mol. The van der Waals surface area contributed by atoms with Crippen molar-refractivity contribution < 1.29 is 4.79 Å². The second kappa shape index (κ2) is 5.14. The fraction of sp³-hybridized carbons (Fsp3) is 0.533. The first-order valence-electron chi connectivity index (χ1n) is 6.64. The van der Waals surface area contributed by atoms with Crippen molar-refractivity contribution in [1.82, 2.24) is 4.90 Å². The van der Waals surface area contributed by atoms with Crippen molar-refractivity contribution >= 4 is 17.5 Å². The van der Waals surface area contributed by atoms with E-state index in [0.29, 0.717) is 11.4 Å². The maximum absolute atomic E-state index is 12.3. The third-order valence-corrected chi connectivity index (χ3v) is 3.83. The van der Waals surface area contributed by atoms with Crippen LogP contribution in [0.3, 0.4) is 0 Å². The molecule has 2 unspecified atom stereocenters. The van der Waals surface area contributed by atoms with E-state index in [-0.39, 0.29) is 23.5 Å². The van der Waals surface area contributed by atoms with Crippen LogP contribution in [0.4, 0.5) is 0 Å². The molecule has 1 aliphatic heterocycles. The SMILES string of the molecule is CC(C)(C)N1C(=O)CCC(N)C1c1ccc(Cl)cc1. The molecule has 0 aliphatic carbocycles. The molecule has 0 spiro atoms. The molecule has 0 aromatic heterocycles. The summed E-state index contributed by atoms with van der Waals surface area (Å²) in [6.07, 6.45) is 1.27. The van der Waals surface area contributed by atoms with Gasteiger partial charge < -0.3 is 10.6 Å². The number of nitrogens with two attached hydrogens (primary N) is 1. The van der Waals surface area contributed by atoms with Gasteiger partial charge in [0, 0.05) is 23.0 Å². The van der Waals surface area contributed by atoms with Gasteiger partial charge in [0.05, 0.1) is 6.04 Å². The predicted octanol–water partition coefficient (Wildman–Crippen LogP) is 3.13. The average Bonchev–Trinajstić information content (AvgIpc) is 2.31. The highest BCUT2D eigenvalue weighted by Crippen LogP contribution is 2.36. The number of benzene rings is 1. The Hall–Kier alpha value is -1.06. The van der Waals surface area contributed by atoms with Crippen molar-refractivity contribution in [1.29, 1.82) is 0 Å². The summed E-state index contributed by atoms with van der Waals surface area (Å²) in [7, 11) is 0. The summed E-state index contributed by atoms with van der Waals surface area (Å²) >= 11 is 5.93. The first-order valence-corrected chi connectivity index (χ1v) is 7.01. The summed E-state index contributed by atoms with van der Waals surface area (Å²) in [4.78, 5) is 14.2. The fourth-order valence-corrected chi connectivity index (χ4v) is 2.89. The van der Waals surface area contributed by atoms with Gasteiger partial charge in [0.25, 0.3) is 0 Å². The molecule has 3 nitrogen and oxygen atoms in total. The molecule has 2 rings (SSSR count). The van der Waals surface area contributed by atoms with Crippen LogP contribution in [0, 0.1) is 0 Å². The minimum absolute atomic E-state index is 0.0295. The maximum atomic E-state index is 12.3. The number of nitrogens with zero attached hydrogens (tertiary/aromatic N) is 1. The summed E-state index contributed by atoms with van der Waals surface area (Å²) in [5, 5.41) is 0.696. The van der Waals surface area contributed by atoms with Crippen molar-refractivity contribution in [3.63, 3.8) is 0 Å². The number of rotatable bonds is 1. The van der Waals surface area contributed by atoms with Crippen LogP contribution in [0.2, 0.25) is 5.02 Å². The van der Waals surface area contributed by atoms with E-state index in [9.17, 15) is 4.79 Å². The van der Waals surface area contributed by atoms with Crippen LogP contribution in [0.1, 0.15) is 45.2 Å². The zero-order valence-corrected chi connectivity index (χ0v) is 12.4. The number of halogens is 1. The topological polar surface area (TPSA) is 46.3 Å². The minimum Gasteiger partial charge on any atom is -0.329 e.